The van der Waals surface area contributed by atoms with Crippen LogP contribution in [0, 0.1) is 19.8 Å². The summed E-state index contributed by atoms with van der Waals surface area (Å²) in [6.07, 6.45) is 21.7. The van der Waals surface area contributed by atoms with Crippen LogP contribution < -0.4 is 11.5 Å². The third kappa shape index (κ3) is 9.52. The van der Waals surface area contributed by atoms with Gasteiger partial charge >= 0.3 is 0 Å². The number of aryl methyl sites for hydroxylation is 2. The second-order valence-electron chi connectivity index (χ2n) is 16.3. The molecule has 2 heteroatoms. The summed E-state index contributed by atoms with van der Waals surface area (Å²) < 4.78 is 0. The lowest BCUT2D eigenvalue weighted by Gasteiger charge is -2.45. The molecule has 0 amide bonds. The van der Waals surface area contributed by atoms with Crippen molar-refractivity contribution in [2.45, 2.75) is 161 Å². The molecule has 52 heavy (non-hydrogen) atoms. The molecule has 1 saturated carbocycles. The minimum atomic E-state index is 0.0236. The minimum Gasteiger partial charge on any atom is -0.399 e. The Kier molecular flexibility index (Phi) is 14.9. The summed E-state index contributed by atoms with van der Waals surface area (Å²) in [6, 6.07) is 33.3. The van der Waals surface area contributed by atoms with E-state index in [-0.39, 0.29) is 5.41 Å². The molecular weight excluding hydrogens is 629 g/mol. The molecule has 0 aromatic heterocycles. The van der Waals surface area contributed by atoms with E-state index in [2.05, 4.69) is 120 Å². The molecule has 4 N–H and O–H groups in total. The molecule has 4 aromatic carbocycles. The zero-order valence-electron chi connectivity index (χ0n) is 33.5. The lowest BCUT2D eigenvalue weighted by molar-refractivity contribution is 0.220. The number of rotatable bonds is 19. The quantitative estimate of drug-likeness (QED) is 0.0756. The monoisotopic (exact) mass is 699 g/mol. The molecule has 0 saturated heterocycles. The van der Waals surface area contributed by atoms with Gasteiger partial charge in [0.15, 0.2) is 0 Å². The largest absolute Gasteiger partial charge is 0.399 e. The van der Waals surface area contributed by atoms with Crippen molar-refractivity contribution in [2.75, 3.05) is 11.5 Å². The van der Waals surface area contributed by atoms with E-state index in [4.69, 9.17) is 11.5 Å². The van der Waals surface area contributed by atoms with E-state index in [1.807, 2.05) is 0 Å². The standard InChI is InChI=1S/C50H70N2/c1-6-9-12-13-17-34-50(41-18-15-14-16-19-41,42-26-22-39(23-27-42)48(20-10-7-2)46-32-30-44(51)35-37(46)4)43-28-24-40(25-29-43)49(21-11-8-3)47-33-31-45(52)36-38(47)5/h22-33,35-36,41,48-49H,6-21,34,51-52H2,1-5H3. The van der Waals surface area contributed by atoms with Gasteiger partial charge in [-0.25, -0.2) is 0 Å². The van der Waals surface area contributed by atoms with Gasteiger partial charge in [-0.1, -0.05) is 158 Å². The van der Waals surface area contributed by atoms with Gasteiger partial charge in [0.1, 0.15) is 0 Å². The summed E-state index contributed by atoms with van der Waals surface area (Å²) in [6.45, 7) is 11.4. The maximum absolute atomic E-state index is 6.21. The van der Waals surface area contributed by atoms with Gasteiger partial charge < -0.3 is 11.5 Å². The zero-order chi connectivity index (χ0) is 36.9. The van der Waals surface area contributed by atoms with Gasteiger partial charge in [0, 0.05) is 28.6 Å². The first kappa shape index (κ1) is 39.7. The first-order valence-electron chi connectivity index (χ1n) is 21.2. The molecule has 0 radical (unpaired) electrons. The molecule has 0 heterocycles. The van der Waals surface area contributed by atoms with Crippen LogP contribution in [-0.2, 0) is 5.41 Å². The number of benzene rings is 4. The van der Waals surface area contributed by atoms with Gasteiger partial charge in [-0.2, -0.15) is 0 Å². The van der Waals surface area contributed by atoms with Gasteiger partial charge in [-0.3, -0.25) is 0 Å². The molecule has 1 aliphatic carbocycles. The number of hydrogen-bond acceptors (Lipinski definition) is 2. The Morgan fingerprint density at radius 3 is 1.40 bits per heavy atom. The van der Waals surface area contributed by atoms with E-state index in [0.29, 0.717) is 17.8 Å². The van der Waals surface area contributed by atoms with Crippen LogP contribution >= 0.6 is 0 Å². The number of hydrogen-bond donors (Lipinski definition) is 2. The molecule has 1 aliphatic rings. The average Bonchev–Trinajstić information content (AvgIpc) is 3.16. The minimum absolute atomic E-state index is 0.0236. The second kappa shape index (κ2) is 19.5. The Labute approximate surface area is 318 Å². The van der Waals surface area contributed by atoms with Crippen molar-refractivity contribution in [3.8, 4) is 0 Å². The molecule has 5 rings (SSSR count). The Hall–Kier alpha value is -3.52. The Balaban J connectivity index is 1.59. The first-order chi connectivity index (χ1) is 25.3. The zero-order valence-corrected chi connectivity index (χ0v) is 33.5. The summed E-state index contributed by atoms with van der Waals surface area (Å²) in [5.41, 5.74) is 25.6. The summed E-state index contributed by atoms with van der Waals surface area (Å²) in [4.78, 5) is 0. The van der Waals surface area contributed by atoms with Crippen LogP contribution in [0.5, 0.6) is 0 Å². The van der Waals surface area contributed by atoms with Gasteiger partial charge in [0.25, 0.3) is 0 Å². The van der Waals surface area contributed by atoms with Gasteiger partial charge in [-0.05, 0) is 121 Å². The molecule has 1 fully saturated rings. The molecular formula is C50H70N2. The molecule has 2 unspecified atom stereocenters. The number of anilines is 2. The lowest BCUT2D eigenvalue weighted by atomic mass is 9.59. The van der Waals surface area contributed by atoms with Crippen molar-refractivity contribution >= 4 is 11.4 Å². The summed E-state index contributed by atoms with van der Waals surface area (Å²) in [5, 5.41) is 0. The van der Waals surface area contributed by atoms with Crippen molar-refractivity contribution < 1.29 is 0 Å². The number of nitrogens with two attached hydrogens (primary N) is 2. The smallest absolute Gasteiger partial charge is 0.0316 e. The summed E-state index contributed by atoms with van der Waals surface area (Å²) >= 11 is 0. The summed E-state index contributed by atoms with van der Waals surface area (Å²) in [5.74, 6) is 1.45. The maximum Gasteiger partial charge on any atom is 0.0316 e. The highest BCUT2D eigenvalue weighted by Crippen LogP contribution is 2.50. The molecule has 280 valence electrons. The van der Waals surface area contributed by atoms with E-state index >= 15 is 0 Å². The average molecular weight is 699 g/mol. The molecule has 2 nitrogen and oxygen atoms in total. The number of unbranched alkanes of at least 4 members (excludes halogenated alkanes) is 6. The van der Waals surface area contributed by atoms with E-state index < -0.39 is 0 Å². The predicted octanol–water partition coefficient (Wildman–Crippen LogP) is 14.3. The van der Waals surface area contributed by atoms with Gasteiger partial charge in [-0.15, -0.1) is 0 Å². The second-order valence-corrected chi connectivity index (χ2v) is 16.3. The highest BCUT2D eigenvalue weighted by atomic mass is 14.5. The van der Waals surface area contributed by atoms with Crippen LogP contribution in [0.15, 0.2) is 84.9 Å². The molecule has 0 spiro atoms. The van der Waals surface area contributed by atoms with Crippen LogP contribution in [-0.4, -0.2) is 0 Å². The Morgan fingerprint density at radius 2 is 0.981 bits per heavy atom. The molecule has 0 aliphatic heterocycles. The van der Waals surface area contributed by atoms with Gasteiger partial charge in [0.05, 0.1) is 0 Å². The molecule has 4 aromatic rings. The van der Waals surface area contributed by atoms with E-state index in [1.54, 1.807) is 0 Å². The Morgan fingerprint density at radius 1 is 0.538 bits per heavy atom. The fourth-order valence-corrected chi connectivity index (χ4v) is 9.76. The van der Waals surface area contributed by atoms with Crippen LogP contribution in [0.1, 0.15) is 186 Å². The van der Waals surface area contributed by atoms with E-state index in [0.717, 1.165) is 11.4 Å². The van der Waals surface area contributed by atoms with Gasteiger partial charge in [0.2, 0.25) is 0 Å². The summed E-state index contributed by atoms with van der Waals surface area (Å²) in [7, 11) is 0. The highest BCUT2D eigenvalue weighted by molar-refractivity contribution is 5.51. The topological polar surface area (TPSA) is 52.0 Å². The van der Waals surface area contributed by atoms with Crippen LogP contribution in [0.3, 0.4) is 0 Å². The van der Waals surface area contributed by atoms with E-state index in [9.17, 15) is 0 Å². The van der Waals surface area contributed by atoms with Crippen LogP contribution in [0.4, 0.5) is 11.4 Å². The maximum atomic E-state index is 6.21. The third-order valence-corrected chi connectivity index (χ3v) is 12.7. The van der Waals surface area contributed by atoms with Crippen molar-refractivity contribution in [1.82, 2.24) is 0 Å². The fourth-order valence-electron chi connectivity index (χ4n) is 9.76. The molecule has 2 atom stereocenters. The Bertz CT molecular complexity index is 1540. The van der Waals surface area contributed by atoms with Crippen LogP contribution in [0.25, 0.3) is 0 Å². The predicted molar refractivity (Wildman–Crippen MR) is 228 cm³/mol. The van der Waals surface area contributed by atoms with E-state index in [1.165, 1.54) is 154 Å². The SMILES string of the molecule is CCCCCCCC(c1ccc(C(CCCC)c2ccc(N)cc2C)cc1)(c1ccc(C(CCCC)c2ccc(N)cc2C)cc1)C1CCCCC1. The van der Waals surface area contributed by atoms with Crippen molar-refractivity contribution in [3.05, 3.63) is 129 Å². The third-order valence-electron chi connectivity index (χ3n) is 12.7. The normalized spacial score (nSPS) is 16.0. The van der Waals surface area contributed by atoms with Crippen molar-refractivity contribution in [2.24, 2.45) is 5.92 Å². The van der Waals surface area contributed by atoms with Crippen LogP contribution in [0.2, 0.25) is 0 Å². The molecule has 0 bridgehead atoms. The first-order valence-corrected chi connectivity index (χ1v) is 21.2. The highest BCUT2D eigenvalue weighted by Gasteiger charge is 2.42. The van der Waals surface area contributed by atoms with Crippen molar-refractivity contribution in [1.29, 1.82) is 0 Å². The fraction of sp³-hybridized carbons (Fsp3) is 0.520. The number of nitrogen functional groups attached to an aromatic ring is 2. The lowest BCUT2D eigenvalue weighted by Crippen LogP contribution is -2.38. The van der Waals surface area contributed by atoms with Crippen molar-refractivity contribution in [3.63, 3.8) is 0 Å².